The summed E-state index contributed by atoms with van der Waals surface area (Å²) in [4.78, 5) is 0. The highest BCUT2D eigenvalue weighted by atomic mass is 19.2. The lowest BCUT2D eigenvalue weighted by Crippen LogP contribution is -2.17. The Kier molecular flexibility index (Phi) is 7.63. The molecule has 0 saturated heterocycles. The lowest BCUT2D eigenvalue weighted by molar-refractivity contribution is 0.302. The highest BCUT2D eigenvalue weighted by Crippen LogP contribution is 2.44. The number of benzene rings is 2. The summed E-state index contributed by atoms with van der Waals surface area (Å²) in [7, 11) is 0. The third kappa shape index (κ3) is 4.92. The minimum atomic E-state index is -0.625. The van der Waals surface area contributed by atoms with E-state index in [9.17, 15) is 4.39 Å². The molecule has 2 aromatic carbocycles. The van der Waals surface area contributed by atoms with E-state index >= 15 is 8.78 Å². The van der Waals surface area contributed by atoms with Crippen molar-refractivity contribution in [3.63, 3.8) is 0 Å². The van der Waals surface area contributed by atoms with Crippen LogP contribution in [0.2, 0.25) is 0 Å². The molecule has 0 aromatic heterocycles. The van der Waals surface area contributed by atoms with Crippen LogP contribution in [0.25, 0.3) is 0 Å². The summed E-state index contributed by atoms with van der Waals surface area (Å²) in [5.41, 5.74) is 2.91. The van der Waals surface area contributed by atoms with Crippen LogP contribution in [-0.2, 0) is 6.42 Å². The predicted molar refractivity (Wildman–Crippen MR) is 126 cm³/mol. The Morgan fingerprint density at radius 3 is 1.72 bits per heavy atom. The van der Waals surface area contributed by atoms with Crippen molar-refractivity contribution in [1.29, 1.82) is 0 Å². The predicted octanol–water partition coefficient (Wildman–Crippen LogP) is 9.18. The van der Waals surface area contributed by atoms with Gasteiger partial charge in [-0.15, -0.1) is 0 Å². The summed E-state index contributed by atoms with van der Waals surface area (Å²) in [6.07, 6.45) is 10.8. The van der Waals surface area contributed by atoms with Gasteiger partial charge in [-0.25, -0.2) is 13.2 Å². The highest BCUT2D eigenvalue weighted by Gasteiger charge is 2.30. The third-order valence-corrected chi connectivity index (χ3v) is 8.22. The SMILES string of the molecule is CCCC1CCC(c2ccc(C3CCC(c4ccc(CC)c(F)c4)CC3)c(F)c2F)CC1. The second-order valence-electron chi connectivity index (χ2n) is 10.1. The second kappa shape index (κ2) is 10.4. The van der Waals surface area contributed by atoms with Crippen LogP contribution in [-0.4, -0.2) is 0 Å². The minimum Gasteiger partial charge on any atom is -0.207 e. The molecule has 4 rings (SSSR count). The fraction of sp³-hybridized carbons (Fsp3) is 0.586. The maximum atomic E-state index is 15.1. The maximum Gasteiger partial charge on any atom is 0.162 e. The van der Waals surface area contributed by atoms with E-state index in [0.717, 1.165) is 68.4 Å². The quantitative estimate of drug-likeness (QED) is 0.418. The molecule has 174 valence electrons. The van der Waals surface area contributed by atoms with E-state index in [1.54, 1.807) is 6.07 Å². The van der Waals surface area contributed by atoms with Crippen molar-refractivity contribution in [1.82, 2.24) is 0 Å². The summed E-state index contributed by atoms with van der Waals surface area (Å²) in [5.74, 6) is -0.0963. The fourth-order valence-electron chi connectivity index (χ4n) is 6.22. The van der Waals surface area contributed by atoms with Crippen molar-refractivity contribution in [3.05, 3.63) is 70.0 Å². The average molecular weight is 443 g/mol. The van der Waals surface area contributed by atoms with E-state index in [0.29, 0.717) is 23.5 Å². The first-order chi connectivity index (χ1) is 15.5. The molecule has 3 heteroatoms. The Balaban J connectivity index is 1.41. The molecule has 0 atom stereocenters. The summed E-state index contributed by atoms with van der Waals surface area (Å²) in [5, 5.41) is 0. The van der Waals surface area contributed by atoms with Crippen molar-refractivity contribution in [2.24, 2.45) is 5.92 Å². The van der Waals surface area contributed by atoms with Gasteiger partial charge in [0, 0.05) is 0 Å². The van der Waals surface area contributed by atoms with E-state index in [4.69, 9.17) is 0 Å². The molecule has 0 radical (unpaired) electrons. The Morgan fingerprint density at radius 2 is 1.22 bits per heavy atom. The monoisotopic (exact) mass is 442 g/mol. The van der Waals surface area contributed by atoms with Gasteiger partial charge < -0.3 is 0 Å². The number of aryl methyl sites for hydroxylation is 1. The molecule has 0 N–H and O–H groups in total. The summed E-state index contributed by atoms with van der Waals surface area (Å²) < 4.78 is 44.4. The van der Waals surface area contributed by atoms with Crippen LogP contribution in [0.3, 0.4) is 0 Å². The fourth-order valence-corrected chi connectivity index (χ4v) is 6.22. The lowest BCUT2D eigenvalue weighted by atomic mass is 9.74. The smallest absolute Gasteiger partial charge is 0.162 e. The van der Waals surface area contributed by atoms with Gasteiger partial charge in [0.1, 0.15) is 5.82 Å². The van der Waals surface area contributed by atoms with Crippen LogP contribution in [0.4, 0.5) is 13.2 Å². The molecule has 2 fully saturated rings. The van der Waals surface area contributed by atoms with Crippen LogP contribution < -0.4 is 0 Å². The zero-order valence-electron chi connectivity index (χ0n) is 19.6. The van der Waals surface area contributed by atoms with Gasteiger partial charge in [0.15, 0.2) is 11.6 Å². The Hall–Kier alpha value is -1.77. The molecule has 2 aliphatic rings. The molecular weight excluding hydrogens is 405 g/mol. The van der Waals surface area contributed by atoms with E-state index < -0.39 is 11.6 Å². The van der Waals surface area contributed by atoms with Gasteiger partial charge in [0.25, 0.3) is 0 Å². The van der Waals surface area contributed by atoms with Crippen LogP contribution in [0.5, 0.6) is 0 Å². The number of halogens is 3. The summed E-state index contributed by atoms with van der Waals surface area (Å²) >= 11 is 0. The molecule has 0 bridgehead atoms. The van der Waals surface area contributed by atoms with E-state index in [-0.39, 0.29) is 17.7 Å². The van der Waals surface area contributed by atoms with Gasteiger partial charge in [-0.2, -0.15) is 0 Å². The largest absolute Gasteiger partial charge is 0.207 e. The van der Waals surface area contributed by atoms with E-state index in [1.807, 2.05) is 31.2 Å². The first kappa shape index (κ1) is 23.4. The molecule has 2 aliphatic carbocycles. The number of hydrogen-bond acceptors (Lipinski definition) is 0. The lowest BCUT2D eigenvalue weighted by Gasteiger charge is -2.31. The molecule has 2 aromatic rings. The van der Waals surface area contributed by atoms with Crippen LogP contribution in [0, 0.1) is 23.4 Å². The molecule has 0 heterocycles. The van der Waals surface area contributed by atoms with Crippen LogP contribution >= 0.6 is 0 Å². The van der Waals surface area contributed by atoms with Crippen molar-refractivity contribution in [2.75, 3.05) is 0 Å². The van der Waals surface area contributed by atoms with Crippen LogP contribution in [0.15, 0.2) is 30.3 Å². The van der Waals surface area contributed by atoms with Crippen molar-refractivity contribution in [2.45, 2.75) is 102 Å². The zero-order chi connectivity index (χ0) is 22.7. The van der Waals surface area contributed by atoms with Crippen molar-refractivity contribution >= 4 is 0 Å². The zero-order valence-corrected chi connectivity index (χ0v) is 19.6. The summed E-state index contributed by atoms with van der Waals surface area (Å²) in [6, 6.07) is 9.32. The standard InChI is InChI=1S/C29H37F3/c1-3-5-19-6-8-22(9-7-19)25-16-17-26(29(32)28(25)31)23-13-11-21(12-14-23)24-15-10-20(4-2)27(30)18-24/h10,15-19,21-23H,3-9,11-14H2,1-2H3. The molecule has 0 amide bonds. The van der Waals surface area contributed by atoms with Gasteiger partial charge in [0.05, 0.1) is 0 Å². The number of rotatable bonds is 6. The first-order valence-corrected chi connectivity index (χ1v) is 12.8. The molecule has 0 aliphatic heterocycles. The second-order valence-corrected chi connectivity index (χ2v) is 10.1. The minimum absolute atomic E-state index is 0.0508. The molecular formula is C29H37F3. The third-order valence-electron chi connectivity index (χ3n) is 8.22. The number of hydrogen-bond donors (Lipinski definition) is 0. The first-order valence-electron chi connectivity index (χ1n) is 12.8. The Bertz CT molecular complexity index is 903. The highest BCUT2D eigenvalue weighted by molar-refractivity contribution is 5.33. The van der Waals surface area contributed by atoms with Crippen molar-refractivity contribution < 1.29 is 13.2 Å². The van der Waals surface area contributed by atoms with E-state index in [2.05, 4.69) is 6.92 Å². The maximum absolute atomic E-state index is 15.1. The van der Waals surface area contributed by atoms with Gasteiger partial charge in [-0.1, -0.05) is 51.0 Å². The molecule has 0 unspecified atom stereocenters. The topological polar surface area (TPSA) is 0 Å². The van der Waals surface area contributed by atoms with Crippen LogP contribution in [0.1, 0.15) is 118 Å². The summed E-state index contributed by atoms with van der Waals surface area (Å²) in [6.45, 7) is 4.17. The normalized spacial score (nSPS) is 26.3. The van der Waals surface area contributed by atoms with E-state index in [1.165, 1.54) is 12.8 Å². The average Bonchev–Trinajstić information content (AvgIpc) is 2.82. The van der Waals surface area contributed by atoms with Crippen molar-refractivity contribution in [3.8, 4) is 0 Å². The van der Waals surface area contributed by atoms with Gasteiger partial charge in [0.2, 0.25) is 0 Å². The van der Waals surface area contributed by atoms with Gasteiger partial charge >= 0.3 is 0 Å². The molecule has 2 saturated carbocycles. The molecule has 0 nitrogen and oxygen atoms in total. The molecule has 32 heavy (non-hydrogen) atoms. The van der Waals surface area contributed by atoms with Gasteiger partial charge in [-0.3, -0.25) is 0 Å². The molecule has 0 spiro atoms. The Labute approximate surface area is 191 Å². The van der Waals surface area contributed by atoms with Gasteiger partial charge in [-0.05, 0) is 110 Å². The Morgan fingerprint density at radius 1 is 0.688 bits per heavy atom.